The Morgan fingerprint density at radius 1 is 1.26 bits per heavy atom. The van der Waals surface area contributed by atoms with Crippen molar-refractivity contribution in [3.8, 4) is 0 Å². The Morgan fingerprint density at radius 3 is 2.61 bits per heavy atom. The van der Waals surface area contributed by atoms with Crippen molar-refractivity contribution in [2.75, 3.05) is 10.8 Å². The van der Waals surface area contributed by atoms with Crippen molar-refractivity contribution in [2.45, 2.75) is 24.7 Å². The number of hydrogen-bond acceptors (Lipinski definition) is 2. The van der Waals surface area contributed by atoms with Gasteiger partial charge in [-0.05, 0) is 71.7 Å². The number of benzene rings is 2. The first-order valence-corrected chi connectivity index (χ1v) is 9.97. The fraction of sp³-hybridized carbons (Fsp3) is 0.222. The Kier molecular flexibility index (Phi) is 4.51. The van der Waals surface area contributed by atoms with Gasteiger partial charge in [0.1, 0.15) is 0 Å². The molecule has 0 saturated carbocycles. The molecule has 0 aromatic heterocycles. The maximum Gasteiger partial charge on any atom is 0.264 e. The minimum absolute atomic E-state index is 0.348. The maximum atomic E-state index is 12.9. The number of rotatable bonds is 4. The Labute approximate surface area is 151 Å². The summed E-state index contributed by atoms with van der Waals surface area (Å²) in [5.41, 5.74) is 4.16. The maximum absolute atomic E-state index is 12.9. The molecule has 0 saturated heterocycles. The van der Waals surface area contributed by atoms with E-state index in [4.69, 9.17) is 0 Å². The van der Waals surface area contributed by atoms with Crippen LogP contribution in [0, 0.1) is 10.5 Å². The molecule has 120 valence electrons. The molecular formula is C18H18INO2S. The van der Waals surface area contributed by atoms with Crippen molar-refractivity contribution in [3.05, 3.63) is 69.3 Å². The SMILES string of the molecule is C=CCc1cc2c(cc1I)N(S(=O)(=O)c1ccc(C)cc1)CC2. The summed E-state index contributed by atoms with van der Waals surface area (Å²) in [7, 11) is -3.50. The van der Waals surface area contributed by atoms with E-state index in [2.05, 4.69) is 35.2 Å². The van der Waals surface area contributed by atoms with E-state index in [0.717, 1.165) is 33.2 Å². The second-order valence-corrected chi connectivity index (χ2v) is 8.73. The molecule has 0 atom stereocenters. The standard InChI is InChI=1S/C18H18INO2S/c1-3-4-14-11-15-9-10-20(18(15)12-17(14)19)23(21,22)16-7-5-13(2)6-8-16/h3,5-8,11-12H,1,4,9-10H2,2H3. The lowest BCUT2D eigenvalue weighted by Crippen LogP contribution is -2.29. The van der Waals surface area contributed by atoms with Gasteiger partial charge in [0, 0.05) is 10.1 Å². The van der Waals surface area contributed by atoms with Crippen LogP contribution in [0.15, 0.2) is 53.9 Å². The number of aryl methyl sites for hydroxylation is 1. The molecule has 5 heteroatoms. The second kappa shape index (κ2) is 6.28. The third-order valence-electron chi connectivity index (χ3n) is 4.07. The molecular weight excluding hydrogens is 421 g/mol. The zero-order valence-corrected chi connectivity index (χ0v) is 15.9. The number of nitrogens with zero attached hydrogens (tertiary/aromatic N) is 1. The Bertz CT molecular complexity index is 857. The first-order chi connectivity index (χ1) is 10.9. The molecule has 3 nitrogen and oxygen atoms in total. The molecule has 0 bridgehead atoms. The van der Waals surface area contributed by atoms with Crippen LogP contribution >= 0.6 is 22.6 Å². The van der Waals surface area contributed by atoms with Crippen molar-refractivity contribution >= 4 is 38.3 Å². The summed E-state index contributed by atoms with van der Waals surface area (Å²) in [6, 6.07) is 11.1. The first kappa shape index (κ1) is 16.5. The van der Waals surface area contributed by atoms with Gasteiger partial charge in [0.25, 0.3) is 10.0 Å². The van der Waals surface area contributed by atoms with Crippen LogP contribution in [0.25, 0.3) is 0 Å². The summed E-state index contributed by atoms with van der Waals surface area (Å²) in [6.07, 6.45) is 3.43. The smallest absolute Gasteiger partial charge is 0.264 e. The predicted molar refractivity (Wildman–Crippen MR) is 102 cm³/mol. The van der Waals surface area contributed by atoms with Gasteiger partial charge in [0.15, 0.2) is 0 Å². The van der Waals surface area contributed by atoms with Crippen molar-refractivity contribution in [3.63, 3.8) is 0 Å². The number of allylic oxidation sites excluding steroid dienone is 1. The molecule has 0 unspecified atom stereocenters. The fourth-order valence-corrected chi connectivity index (χ4v) is 5.00. The van der Waals surface area contributed by atoms with E-state index in [1.807, 2.05) is 31.2 Å². The molecule has 0 fully saturated rings. The van der Waals surface area contributed by atoms with Gasteiger partial charge in [-0.25, -0.2) is 8.42 Å². The van der Waals surface area contributed by atoms with Crippen LogP contribution in [0.2, 0.25) is 0 Å². The van der Waals surface area contributed by atoms with E-state index < -0.39 is 10.0 Å². The van der Waals surface area contributed by atoms with Crippen molar-refractivity contribution in [2.24, 2.45) is 0 Å². The zero-order chi connectivity index (χ0) is 16.6. The number of halogens is 1. The fourth-order valence-electron chi connectivity index (χ4n) is 2.83. The van der Waals surface area contributed by atoms with Crippen LogP contribution in [0.3, 0.4) is 0 Å². The normalized spacial score (nSPS) is 13.9. The average Bonchev–Trinajstić information content (AvgIpc) is 2.92. The van der Waals surface area contributed by atoms with Crippen LogP contribution in [0.5, 0.6) is 0 Å². The molecule has 0 radical (unpaired) electrons. The van der Waals surface area contributed by atoms with Crippen LogP contribution in [-0.4, -0.2) is 15.0 Å². The van der Waals surface area contributed by atoms with Crippen LogP contribution in [-0.2, 0) is 22.9 Å². The molecule has 0 N–H and O–H groups in total. The number of fused-ring (bicyclic) bond motifs is 1. The summed E-state index contributed by atoms with van der Waals surface area (Å²) in [6.45, 7) is 6.23. The zero-order valence-electron chi connectivity index (χ0n) is 12.9. The van der Waals surface area contributed by atoms with E-state index in [9.17, 15) is 8.42 Å². The van der Waals surface area contributed by atoms with E-state index in [0.29, 0.717) is 11.4 Å². The van der Waals surface area contributed by atoms with Gasteiger partial charge < -0.3 is 0 Å². The highest BCUT2D eigenvalue weighted by Gasteiger charge is 2.31. The lowest BCUT2D eigenvalue weighted by Gasteiger charge is -2.20. The number of hydrogen-bond donors (Lipinski definition) is 0. The topological polar surface area (TPSA) is 37.4 Å². The summed E-state index contributed by atoms with van der Waals surface area (Å²) in [4.78, 5) is 0.348. The van der Waals surface area contributed by atoms with Crippen molar-refractivity contribution in [1.29, 1.82) is 0 Å². The monoisotopic (exact) mass is 439 g/mol. The molecule has 1 aliphatic heterocycles. The molecule has 0 amide bonds. The van der Waals surface area contributed by atoms with Gasteiger partial charge in [-0.15, -0.1) is 6.58 Å². The van der Waals surface area contributed by atoms with Gasteiger partial charge >= 0.3 is 0 Å². The first-order valence-electron chi connectivity index (χ1n) is 7.45. The van der Waals surface area contributed by atoms with Gasteiger partial charge in [-0.2, -0.15) is 0 Å². The van der Waals surface area contributed by atoms with E-state index in [-0.39, 0.29) is 0 Å². The molecule has 3 rings (SSSR count). The average molecular weight is 439 g/mol. The number of sulfonamides is 1. The van der Waals surface area contributed by atoms with Crippen LogP contribution in [0.4, 0.5) is 5.69 Å². The second-order valence-electron chi connectivity index (χ2n) is 5.71. The Balaban J connectivity index is 2.03. The van der Waals surface area contributed by atoms with Gasteiger partial charge in [0.05, 0.1) is 10.6 Å². The summed E-state index contributed by atoms with van der Waals surface area (Å²) < 4.78 is 28.5. The summed E-state index contributed by atoms with van der Waals surface area (Å²) in [5, 5.41) is 0. The lowest BCUT2D eigenvalue weighted by atomic mass is 10.1. The molecule has 1 heterocycles. The van der Waals surface area contributed by atoms with Crippen LogP contribution < -0.4 is 4.31 Å². The minimum atomic E-state index is -3.50. The Morgan fingerprint density at radius 2 is 1.96 bits per heavy atom. The minimum Gasteiger partial charge on any atom is -0.266 e. The van der Waals surface area contributed by atoms with Gasteiger partial charge in [-0.3, -0.25) is 4.31 Å². The predicted octanol–water partition coefficient (Wildman–Crippen LogP) is 4.08. The highest BCUT2D eigenvalue weighted by molar-refractivity contribution is 14.1. The van der Waals surface area contributed by atoms with E-state index in [1.165, 1.54) is 9.87 Å². The van der Waals surface area contributed by atoms with Crippen molar-refractivity contribution in [1.82, 2.24) is 0 Å². The van der Waals surface area contributed by atoms with Gasteiger partial charge in [-0.1, -0.05) is 29.8 Å². The molecule has 0 spiro atoms. The van der Waals surface area contributed by atoms with E-state index >= 15 is 0 Å². The highest BCUT2D eigenvalue weighted by Crippen LogP contribution is 2.35. The summed E-state index contributed by atoms with van der Waals surface area (Å²) in [5.74, 6) is 0. The van der Waals surface area contributed by atoms with Crippen LogP contribution in [0.1, 0.15) is 16.7 Å². The van der Waals surface area contributed by atoms with Crippen molar-refractivity contribution < 1.29 is 8.42 Å². The molecule has 1 aliphatic rings. The molecule has 0 aliphatic carbocycles. The van der Waals surface area contributed by atoms with Gasteiger partial charge in [0.2, 0.25) is 0 Å². The third kappa shape index (κ3) is 3.04. The molecule has 2 aromatic carbocycles. The Hall–Kier alpha value is -1.34. The largest absolute Gasteiger partial charge is 0.266 e. The molecule has 2 aromatic rings. The third-order valence-corrected chi connectivity index (χ3v) is 6.91. The molecule has 23 heavy (non-hydrogen) atoms. The van der Waals surface area contributed by atoms with E-state index in [1.54, 1.807) is 12.1 Å². The highest BCUT2D eigenvalue weighted by atomic mass is 127. The quantitative estimate of drug-likeness (QED) is 0.532. The lowest BCUT2D eigenvalue weighted by molar-refractivity contribution is 0.592. The summed E-state index contributed by atoms with van der Waals surface area (Å²) >= 11 is 2.27. The number of anilines is 1.